The standard InChI is InChI=1S/C32H66N6O10Si2/c1-11-43-49(44-12-2,45-13-3)25-17-21-33-27(39)19-23-35-29(41)31(7,8)37-38-32(9,10)30(42)36-24-20-28(40)34-22-18-26-50(46-14-4,47-15-5)48-16-6/h11-26H2,1-10H3,(H,33,39)(H,34,40)(H,35,41)(H,36,42). The molecule has 0 rings (SSSR count). The molecular weight excluding hydrogens is 685 g/mol. The van der Waals surface area contributed by atoms with Crippen LogP contribution < -0.4 is 21.3 Å². The van der Waals surface area contributed by atoms with E-state index in [9.17, 15) is 19.2 Å². The van der Waals surface area contributed by atoms with Crippen LogP contribution >= 0.6 is 0 Å². The van der Waals surface area contributed by atoms with Crippen molar-refractivity contribution in [2.24, 2.45) is 10.2 Å². The van der Waals surface area contributed by atoms with Gasteiger partial charge in [0, 0.05) is 90.8 Å². The number of hydrogen-bond acceptors (Lipinski definition) is 12. The molecule has 0 heterocycles. The van der Waals surface area contributed by atoms with Crippen molar-refractivity contribution in [2.75, 3.05) is 65.8 Å². The highest BCUT2D eigenvalue weighted by Gasteiger charge is 2.40. The molecule has 0 aliphatic carbocycles. The van der Waals surface area contributed by atoms with Crippen LogP contribution in [0.3, 0.4) is 0 Å². The topological polar surface area (TPSA) is 196 Å². The lowest BCUT2D eigenvalue weighted by molar-refractivity contribution is -0.128. The van der Waals surface area contributed by atoms with Crippen LogP contribution in [0.2, 0.25) is 12.1 Å². The van der Waals surface area contributed by atoms with Crippen molar-refractivity contribution in [3.8, 4) is 0 Å². The minimum absolute atomic E-state index is 0.0850. The Labute approximate surface area is 302 Å². The zero-order valence-electron chi connectivity index (χ0n) is 32.3. The van der Waals surface area contributed by atoms with E-state index >= 15 is 0 Å². The summed E-state index contributed by atoms with van der Waals surface area (Å²) < 4.78 is 35.0. The van der Waals surface area contributed by atoms with Gasteiger partial charge in [0.1, 0.15) is 0 Å². The minimum atomic E-state index is -2.76. The zero-order chi connectivity index (χ0) is 38.1. The van der Waals surface area contributed by atoms with E-state index < -0.39 is 40.5 Å². The van der Waals surface area contributed by atoms with Gasteiger partial charge in [-0.3, -0.25) is 19.2 Å². The fraction of sp³-hybridized carbons (Fsp3) is 0.875. The summed E-state index contributed by atoms with van der Waals surface area (Å²) in [5.74, 6) is -1.29. The average Bonchev–Trinajstić information content (AvgIpc) is 3.05. The summed E-state index contributed by atoms with van der Waals surface area (Å²) in [6.45, 7) is 21.7. The van der Waals surface area contributed by atoms with Gasteiger partial charge in [-0.25, -0.2) is 0 Å². The monoisotopic (exact) mass is 750 g/mol. The first-order valence-electron chi connectivity index (χ1n) is 18.0. The predicted octanol–water partition coefficient (Wildman–Crippen LogP) is 3.12. The normalized spacial score (nSPS) is 12.6. The first kappa shape index (κ1) is 47.7. The van der Waals surface area contributed by atoms with Gasteiger partial charge in [-0.2, -0.15) is 10.2 Å². The van der Waals surface area contributed by atoms with E-state index in [-0.39, 0.29) is 37.7 Å². The smallest absolute Gasteiger partial charge is 0.374 e. The van der Waals surface area contributed by atoms with Gasteiger partial charge in [0.05, 0.1) is 0 Å². The molecule has 0 aromatic rings. The maximum Gasteiger partial charge on any atom is 0.500 e. The third kappa shape index (κ3) is 19.3. The molecule has 0 radical (unpaired) electrons. The predicted molar refractivity (Wildman–Crippen MR) is 194 cm³/mol. The fourth-order valence-electron chi connectivity index (χ4n) is 4.60. The molecule has 0 bridgehead atoms. The summed E-state index contributed by atoms with van der Waals surface area (Å²) in [6.07, 6.45) is 1.44. The summed E-state index contributed by atoms with van der Waals surface area (Å²) in [7, 11) is -5.53. The molecule has 4 N–H and O–H groups in total. The van der Waals surface area contributed by atoms with Crippen LogP contribution in [0.5, 0.6) is 0 Å². The molecule has 0 unspecified atom stereocenters. The third-order valence-corrected chi connectivity index (χ3v) is 13.4. The van der Waals surface area contributed by atoms with E-state index in [4.69, 9.17) is 26.6 Å². The van der Waals surface area contributed by atoms with E-state index in [1.165, 1.54) is 0 Å². The Morgan fingerprint density at radius 1 is 0.480 bits per heavy atom. The Kier molecular flexibility index (Phi) is 24.4. The van der Waals surface area contributed by atoms with Crippen LogP contribution in [-0.4, -0.2) is 118 Å². The number of azo groups is 1. The van der Waals surface area contributed by atoms with Crippen LogP contribution in [0, 0.1) is 0 Å². The summed E-state index contributed by atoms with van der Waals surface area (Å²) in [4.78, 5) is 50.3. The van der Waals surface area contributed by atoms with Crippen molar-refractivity contribution < 1.29 is 45.7 Å². The molecule has 0 atom stereocenters. The lowest BCUT2D eigenvalue weighted by Gasteiger charge is -2.28. The van der Waals surface area contributed by atoms with Gasteiger partial charge in [0.2, 0.25) is 23.6 Å². The largest absolute Gasteiger partial charge is 0.500 e. The van der Waals surface area contributed by atoms with Gasteiger partial charge >= 0.3 is 17.6 Å². The van der Waals surface area contributed by atoms with Gasteiger partial charge in [0.25, 0.3) is 0 Å². The minimum Gasteiger partial charge on any atom is -0.374 e. The van der Waals surface area contributed by atoms with Gasteiger partial charge in [-0.05, 0) is 82.1 Å². The first-order valence-corrected chi connectivity index (χ1v) is 21.9. The van der Waals surface area contributed by atoms with Crippen LogP contribution in [0.15, 0.2) is 10.2 Å². The molecule has 0 aromatic carbocycles. The second-order valence-corrected chi connectivity index (χ2v) is 17.7. The molecule has 292 valence electrons. The SMILES string of the molecule is CCO[Si](CCCNC(=O)CCNC(=O)C(C)(C)N=NC(C)(C)C(=O)NCCC(=O)NCCC[Si](OCC)(OCC)OCC)(OCC)OCC. The highest BCUT2D eigenvalue weighted by atomic mass is 28.4. The van der Waals surface area contributed by atoms with Gasteiger partial charge < -0.3 is 47.8 Å². The molecule has 0 aliphatic heterocycles. The van der Waals surface area contributed by atoms with Crippen LogP contribution in [0.4, 0.5) is 0 Å². The fourth-order valence-corrected chi connectivity index (χ4v) is 9.82. The van der Waals surface area contributed by atoms with Crippen LogP contribution in [0.1, 0.15) is 94.9 Å². The average molecular weight is 751 g/mol. The number of rotatable bonds is 30. The summed E-state index contributed by atoms with van der Waals surface area (Å²) in [5.41, 5.74) is -2.57. The number of hydrogen-bond donors (Lipinski definition) is 4. The lowest BCUT2D eigenvalue weighted by atomic mass is 10.0. The Morgan fingerprint density at radius 3 is 1.02 bits per heavy atom. The molecule has 50 heavy (non-hydrogen) atoms. The molecule has 18 heteroatoms. The van der Waals surface area contributed by atoms with Crippen molar-refractivity contribution in [3.05, 3.63) is 0 Å². The molecule has 16 nitrogen and oxygen atoms in total. The molecule has 0 saturated carbocycles. The number of carbonyl (C=O) groups is 4. The first-order chi connectivity index (χ1) is 23.6. The molecule has 4 amide bonds. The number of amides is 4. The Bertz CT molecular complexity index is 923. The zero-order valence-corrected chi connectivity index (χ0v) is 34.3. The van der Waals surface area contributed by atoms with E-state index in [1.807, 2.05) is 41.5 Å². The van der Waals surface area contributed by atoms with E-state index in [0.717, 1.165) is 0 Å². The Morgan fingerprint density at radius 2 is 0.760 bits per heavy atom. The quantitative estimate of drug-likeness (QED) is 0.0481. The van der Waals surface area contributed by atoms with Crippen molar-refractivity contribution in [1.29, 1.82) is 0 Å². The van der Waals surface area contributed by atoms with Gasteiger partial charge in [-0.1, -0.05) is 0 Å². The third-order valence-electron chi connectivity index (χ3n) is 7.09. The molecule has 0 spiro atoms. The molecule has 0 aromatic heterocycles. The summed E-state index contributed by atoms with van der Waals surface area (Å²) >= 11 is 0. The second kappa shape index (κ2) is 25.6. The highest BCUT2D eigenvalue weighted by Crippen LogP contribution is 2.19. The highest BCUT2D eigenvalue weighted by molar-refractivity contribution is 6.61. The number of nitrogens with one attached hydrogen (secondary N) is 4. The van der Waals surface area contributed by atoms with Gasteiger partial charge in [-0.15, -0.1) is 0 Å². The molecule has 0 saturated heterocycles. The maximum atomic E-state index is 12.8. The van der Waals surface area contributed by atoms with Crippen molar-refractivity contribution in [1.82, 2.24) is 21.3 Å². The van der Waals surface area contributed by atoms with E-state index in [0.29, 0.717) is 77.7 Å². The number of nitrogens with zero attached hydrogens (tertiary/aromatic N) is 2. The van der Waals surface area contributed by atoms with Crippen molar-refractivity contribution in [2.45, 2.75) is 118 Å². The van der Waals surface area contributed by atoms with Crippen molar-refractivity contribution >= 4 is 41.2 Å². The molecule has 0 fully saturated rings. The second-order valence-electron chi connectivity index (χ2n) is 12.2. The molecular formula is C32H66N6O10Si2. The van der Waals surface area contributed by atoms with Gasteiger partial charge in [0.15, 0.2) is 11.1 Å². The summed E-state index contributed by atoms with van der Waals surface area (Å²) in [5, 5.41) is 19.4. The van der Waals surface area contributed by atoms with E-state index in [1.54, 1.807) is 27.7 Å². The Hall–Kier alpha value is -2.33. The Balaban J connectivity index is 4.61. The summed E-state index contributed by atoms with van der Waals surface area (Å²) in [6, 6.07) is 1.18. The molecule has 0 aliphatic rings. The van der Waals surface area contributed by atoms with Crippen LogP contribution in [-0.2, 0) is 45.7 Å². The lowest BCUT2D eigenvalue weighted by Crippen LogP contribution is -2.46. The number of carbonyl (C=O) groups excluding carboxylic acids is 4. The van der Waals surface area contributed by atoms with Crippen molar-refractivity contribution in [3.63, 3.8) is 0 Å². The van der Waals surface area contributed by atoms with E-state index in [2.05, 4.69) is 31.5 Å². The maximum absolute atomic E-state index is 12.8. The van der Waals surface area contributed by atoms with Crippen LogP contribution in [0.25, 0.3) is 0 Å².